The highest BCUT2D eigenvalue weighted by Gasteiger charge is 2.30. The molecule has 1 aromatic carbocycles. The molecule has 0 atom stereocenters. The van der Waals surface area contributed by atoms with E-state index in [0.717, 1.165) is 4.90 Å². The normalized spacial score (nSPS) is 11.7. The Kier molecular flexibility index (Phi) is 5.82. The maximum atomic E-state index is 12.3. The van der Waals surface area contributed by atoms with Crippen molar-refractivity contribution in [3.8, 4) is 0 Å². The fourth-order valence-electron chi connectivity index (χ4n) is 1.56. The molecule has 0 spiro atoms. The number of anilines is 2. The van der Waals surface area contributed by atoms with Gasteiger partial charge in [-0.1, -0.05) is 6.92 Å². The highest BCUT2D eigenvalue weighted by atomic mass is 79.9. The summed E-state index contributed by atoms with van der Waals surface area (Å²) in [5.41, 5.74) is 6.53. The third-order valence-electron chi connectivity index (χ3n) is 2.48. The molecule has 0 aliphatic carbocycles. The van der Waals surface area contributed by atoms with Crippen molar-refractivity contribution in [2.75, 3.05) is 30.7 Å². The molecule has 0 heterocycles. The van der Waals surface area contributed by atoms with Crippen molar-refractivity contribution in [1.29, 1.82) is 0 Å². The number of halogens is 4. The molecule has 0 aliphatic rings. The predicted molar refractivity (Wildman–Crippen MR) is 75.4 cm³/mol. The predicted octanol–water partition coefficient (Wildman–Crippen LogP) is 2.85. The lowest BCUT2D eigenvalue weighted by atomic mass is 10.3. The standard InChI is InChI=1S/C12H15BrF3N3O/c1-2-19(7-12(14,15)16)6-11(20)18-10-4-3-8(17)5-9(10)13/h3-5H,2,6-7,17H2,1H3,(H,18,20). The van der Waals surface area contributed by atoms with E-state index in [0.29, 0.717) is 15.8 Å². The van der Waals surface area contributed by atoms with Gasteiger partial charge < -0.3 is 11.1 Å². The third kappa shape index (κ3) is 5.79. The first-order valence-electron chi connectivity index (χ1n) is 5.85. The highest BCUT2D eigenvalue weighted by molar-refractivity contribution is 9.10. The smallest absolute Gasteiger partial charge is 0.399 e. The average Bonchev–Trinajstić information content (AvgIpc) is 2.30. The summed E-state index contributed by atoms with van der Waals surface area (Å²) < 4.78 is 37.4. The molecule has 3 N–H and O–H groups in total. The van der Waals surface area contributed by atoms with Crippen LogP contribution in [0.1, 0.15) is 6.92 Å². The number of hydrogen-bond donors (Lipinski definition) is 2. The summed E-state index contributed by atoms with van der Waals surface area (Å²) in [6, 6.07) is 4.77. The number of rotatable bonds is 5. The largest absolute Gasteiger partial charge is 0.401 e. The zero-order chi connectivity index (χ0) is 15.3. The summed E-state index contributed by atoms with van der Waals surface area (Å²) in [4.78, 5) is 12.7. The average molecular weight is 354 g/mol. The highest BCUT2D eigenvalue weighted by Crippen LogP contribution is 2.24. The van der Waals surface area contributed by atoms with Crippen LogP contribution < -0.4 is 11.1 Å². The molecule has 0 fully saturated rings. The van der Waals surface area contributed by atoms with Gasteiger partial charge in [-0.25, -0.2) is 0 Å². The lowest BCUT2D eigenvalue weighted by Crippen LogP contribution is -2.39. The van der Waals surface area contributed by atoms with E-state index in [-0.39, 0.29) is 13.1 Å². The van der Waals surface area contributed by atoms with Gasteiger partial charge in [0.2, 0.25) is 5.91 Å². The molecule has 8 heteroatoms. The van der Waals surface area contributed by atoms with Crippen molar-refractivity contribution < 1.29 is 18.0 Å². The van der Waals surface area contributed by atoms with Gasteiger partial charge in [0, 0.05) is 10.2 Å². The summed E-state index contributed by atoms with van der Waals surface area (Å²) >= 11 is 3.22. The number of benzene rings is 1. The van der Waals surface area contributed by atoms with Crippen LogP contribution in [0.5, 0.6) is 0 Å². The van der Waals surface area contributed by atoms with E-state index in [1.54, 1.807) is 25.1 Å². The van der Waals surface area contributed by atoms with Gasteiger partial charge in [-0.2, -0.15) is 13.2 Å². The van der Waals surface area contributed by atoms with Gasteiger partial charge in [-0.3, -0.25) is 9.69 Å². The summed E-state index contributed by atoms with van der Waals surface area (Å²) in [5.74, 6) is -0.512. The molecular formula is C12H15BrF3N3O. The SMILES string of the molecule is CCN(CC(=O)Nc1ccc(N)cc1Br)CC(F)(F)F. The van der Waals surface area contributed by atoms with Crippen LogP contribution in [0.25, 0.3) is 0 Å². The van der Waals surface area contributed by atoms with E-state index in [9.17, 15) is 18.0 Å². The minimum Gasteiger partial charge on any atom is -0.399 e. The van der Waals surface area contributed by atoms with Crippen LogP contribution in [0.3, 0.4) is 0 Å². The van der Waals surface area contributed by atoms with Crippen LogP contribution >= 0.6 is 15.9 Å². The van der Waals surface area contributed by atoms with E-state index in [1.807, 2.05) is 0 Å². The Balaban J connectivity index is 2.62. The zero-order valence-electron chi connectivity index (χ0n) is 10.8. The minimum absolute atomic E-state index is 0.135. The van der Waals surface area contributed by atoms with E-state index in [1.165, 1.54) is 0 Å². The Hall–Kier alpha value is -1.28. The number of likely N-dealkylation sites (N-methyl/N-ethyl adjacent to an activating group) is 1. The maximum absolute atomic E-state index is 12.3. The van der Waals surface area contributed by atoms with E-state index >= 15 is 0 Å². The van der Waals surface area contributed by atoms with E-state index in [2.05, 4.69) is 21.2 Å². The van der Waals surface area contributed by atoms with Crippen molar-refractivity contribution in [2.24, 2.45) is 0 Å². The molecule has 20 heavy (non-hydrogen) atoms. The lowest BCUT2D eigenvalue weighted by Gasteiger charge is -2.21. The molecule has 0 aliphatic heterocycles. The molecule has 0 radical (unpaired) electrons. The fraction of sp³-hybridized carbons (Fsp3) is 0.417. The third-order valence-corrected chi connectivity index (χ3v) is 3.14. The molecule has 0 bridgehead atoms. The number of nitrogens with two attached hydrogens (primary N) is 1. The lowest BCUT2D eigenvalue weighted by molar-refractivity contribution is -0.147. The topological polar surface area (TPSA) is 58.4 Å². The quantitative estimate of drug-likeness (QED) is 0.800. The van der Waals surface area contributed by atoms with Crippen molar-refractivity contribution in [1.82, 2.24) is 4.90 Å². The number of nitrogen functional groups attached to an aromatic ring is 1. The first-order chi connectivity index (χ1) is 9.21. The van der Waals surface area contributed by atoms with Gasteiger partial charge in [0.1, 0.15) is 0 Å². The van der Waals surface area contributed by atoms with Gasteiger partial charge >= 0.3 is 6.18 Å². The summed E-state index contributed by atoms with van der Waals surface area (Å²) in [6.07, 6.45) is -4.32. The first kappa shape index (κ1) is 16.8. The Morgan fingerprint density at radius 1 is 1.45 bits per heavy atom. The second-order valence-electron chi connectivity index (χ2n) is 4.21. The van der Waals surface area contributed by atoms with Gasteiger partial charge in [0.15, 0.2) is 0 Å². The minimum atomic E-state index is -4.32. The van der Waals surface area contributed by atoms with E-state index < -0.39 is 18.6 Å². The maximum Gasteiger partial charge on any atom is 0.401 e. The number of nitrogens with zero attached hydrogens (tertiary/aromatic N) is 1. The number of hydrogen-bond acceptors (Lipinski definition) is 3. The summed E-state index contributed by atoms with van der Waals surface area (Å²) in [5, 5.41) is 2.54. The number of amides is 1. The summed E-state index contributed by atoms with van der Waals surface area (Å²) in [6.45, 7) is 0.265. The van der Waals surface area contributed by atoms with Crippen molar-refractivity contribution >= 4 is 33.2 Å². The number of carbonyl (C=O) groups excluding carboxylic acids is 1. The number of carbonyl (C=O) groups is 1. The molecule has 4 nitrogen and oxygen atoms in total. The van der Waals surface area contributed by atoms with Crippen LogP contribution in [0.15, 0.2) is 22.7 Å². The van der Waals surface area contributed by atoms with Gasteiger partial charge in [0.25, 0.3) is 0 Å². The number of nitrogens with one attached hydrogen (secondary N) is 1. The first-order valence-corrected chi connectivity index (χ1v) is 6.64. The second kappa shape index (κ2) is 6.94. The second-order valence-corrected chi connectivity index (χ2v) is 5.06. The van der Waals surface area contributed by atoms with Gasteiger partial charge in [-0.15, -0.1) is 0 Å². The molecule has 0 unspecified atom stereocenters. The van der Waals surface area contributed by atoms with Crippen LogP contribution in [-0.2, 0) is 4.79 Å². The van der Waals surface area contributed by atoms with Gasteiger partial charge in [-0.05, 0) is 40.7 Å². The molecule has 0 saturated carbocycles. The Morgan fingerprint density at radius 3 is 2.60 bits per heavy atom. The number of alkyl halides is 3. The Morgan fingerprint density at radius 2 is 2.10 bits per heavy atom. The zero-order valence-corrected chi connectivity index (χ0v) is 12.4. The van der Waals surface area contributed by atoms with Crippen molar-refractivity contribution in [3.05, 3.63) is 22.7 Å². The Labute approximate surface area is 123 Å². The monoisotopic (exact) mass is 353 g/mol. The van der Waals surface area contributed by atoms with Crippen LogP contribution in [0.2, 0.25) is 0 Å². The van der Waals surface area contributed by atoms with Crippen LogP contribution in [-0.4, -0.2) is 36.6 Å². The Bertz CT molecular complexity index is 480. The molecule has 112 valence electrons. The fourth-order valence-corrected chi connectivity index (χ4v) is 2.05. The molecule has 1 amide bonds. The van der Waals surface area contributed by atoms with Gasteiger partial charge in [0.05, 0.1) is 18.8 Å². The van der Waals surface area contributed by atoms with E-state index in [4.69, 9.17) is 5.73 Å². The summed E-state index contributed by atoms with van der Waals surface area (Å²) in [7, 11) is 0. The van der Waals surface area contributed by atoms with Crippen molar-refractivity contribution in [3.63, 3.8) is 0 Å². The van der Waals surface area contributed by atoms with Crippen molar-refractivity contribution in [2.45, 2.75) is 13.1 Å². The van der Waals surface area contributed by atoms with Crippen LogP contribution in [0.4, 0.5) is 24.5 Å². The molecule has 0 aromatic heterocycles. The van der Waals surface area contributed by atoms with Crippen LogP contribution in [0, 0.1) is 0 Å². The molecule has 1 aromatic rings. The molecular weight excluding hydrogens is 339 g/mol. The molecule has 0 saturated heterocycles. The molecule has 1 rings (SSSR count).